The summed E-state index contributed by atoms with van der Waals surface area (Å²) < 4.78 is 61.2. The zero-order valence-electron chi connectivity index (χ0n) is 20.0. The molecule has 0 aliphatic carbocycles. The van der Waals surface area contributed by atoms with Gasteiger partial charge < -0.3 is 14.2 Å². The molecule has 1 heterocycles. The molecule has 4 rings (SSSR count). The van der Waals surface area contributed by atoms with E-state index >= 15 is 0 Å². The lowest BCUT2D eigenvalue weighted by atomic mass is 10.2. The van der Waals surface area contributed by atoms with Gasteiger partial charge in [0.2, 0.25) is 0 Å². The van der Waals surface area contributed by atoms with E-state index in [1.807, 2.05) is 6.92 Å². The molecule has 0 amide bonds. The third-order valence-corrected chi connectivity index (χ3v) is 7.04. The maximum Gasteiger partial charge on any atom is 0.336 e. The van der Waals surface area contributed by atoms with Crippen molar-refractivity contribution in [2.24, 2.45) is 0 Å². The number of nitrogens with one attached hydrogen (secondary N) is 1. The Morgan fingerprint density at radius 3 is 2.51 bits per heavy atom. The molecule has 0 aliphatic rings. The highest BCUT2D eigenvalue weighted by Gasteiger charge is 2.21. The third kappa shape index (κ3) is 6.27. The number of hydrogen-bond acceptors (Lipinski definition) is 7. The highest BCUT2D eigenvalue weighted by Crippen LogP contribution is 2.30. The standard InChI is InChI=1S/C25H24BrFN4O5S/c1-3-35-14-15-36-25-28-24(20-6-4-5-7-21(20)27)31(29-25)19-11-9-18(10-12-19)30-37(32,33)23-16-17(26)8-13-22(23)34-2/h4-13,16,30H,3,14-15H2,1-2H3. The van der Waals surface area contributed by atoms with Gasteiger partial charge in [-0.2, -0.15) is 4.98 Å². The smallest absolute Gasteiger partial charge is 0.336 e. The molecular weight excluding hydrogens is 567 g/mol. The Morgan fingerprint density at radius 2 is 1.81 bits per heavy atom. The Kier molecular flexibility index (Phi) is 8.41. The van der Waals surface area contributed by atoms with E-state index in [1.54, 1.807) is 54.6 Å². The van der Waals surface area contributed by atoms with Crippen LogP contribution in [0, 0.1) is 5.82 Å². The van der Waals surface area contributed by atoms with Crippen molar-refractivity contribution in [3.8, 4) is 28.8 Å². The van der Waals surface area contributed by atoms with Gasteiger partial charge in [0.25, 0.3) is 10.0 Å². The lowest BCUT2D eigenvalue weighted by Gasteiger charge is -2.13. The summed E-state index contributed by atoms with van der Waals surface area (Å²) in [5.41, 5.74) is 1.07. The number of nitrogens with zero attached hydrogens (tertiary/aromatic N) is 3. The second-order valence-electron chi connectivity index (χ2n) is 7.60. The van der Waals surface area contributed by atoms with Crippen molar-refractivity contribution >= 4 is 31.6 Å². The van der Waals surface area contributed by atoms with Crippen molar-refractivity contribution in [2.45, 2.75) is 11.8 Å². The number of ether oxygens (including phenoxy) is 3. The highest BCUT2D eigenvalue weighted by molar-refractivity contribution is 9.10. The molecule has 12 heteroatoms. The average Bonchev–Trinajstić information content (AvgIpc) is 3.31. The highest BCUT2D eigenvalue weighted by atomic mass is 79.9. The van der Waals surface area contributed by atoms with Crippen LogP contribution < -0.4 is 14.2 Å². The molecule has 3 aromatic carbocycles. The molecule has 0 fully saturated rings. The number of hydrogen-bond donors (Lipinski definition) is 1. The monoisotopic (exact) mass is 590 g/mol. The number of methoxy groups -OCH3 is 1. The predicted octanol–water partition coefficient (Wildman–Crippen LogP) is 5.06. The van der Waals surface area contributed by atoms with E-state index in [2.05, 4.69) is 30.7 Å². The van der Waals surface area contributed by atoms with E-state index in [4.69, 9.17) is 14.2 Å². The van der Waals surface area contributed by atoms with E-state index in [9.17, 15) is 12.8 Å². The maximum absolute atomic E-state index is 14.6. The fourth-order valence-corrected chi connectivity index (χ4v) is 5.20. The zero-order valence-corrected chi connectivity index (χ0v) is 22.4. The Hall–Kier alpha value is -3.48. The van der Waals surface area contributed by atoms with Crippen LogP contribution in [-0.4, -0.2) is 50.1 Å². The summed E-state index contributed by atoms with van der Waals surface area (Å²) in [6.07, 6.45) is 0. The molecule has 37 heavy (non-hydrogen) atoms. The summed E-state index contributed by atoms with van der Waals surface area (Å²) in [7, 11) is -2.55. The lowest BCUT2D eigenvalue weighted by Crippen LogP contribution is -2.14. The van der Waals surface area contributed by atoms with Crippen molar-refractivity contribution in [3.05, 3.63) is 77.0 Å². The van der Waals surface area contributed by atoms with Crippen LogP contribution in [0.4, 0.5) is 10.1 Å². The molecule has 0 bridgehead atoms. The van der Waals surface area contributed by atoms with Gasteiger partial charge in [-0.25, -0.2) is 17.5 Å². The first-order valence-corrected chi connectivity index (χ1v) is 13.5. The van der Waals surface area contributed by atoms with Gasteiger partial charge in [0, 0.05) is 16.8 Å². The van der Waals surface area contributed by atoms with Gasteiger partial charge in [0.05, 0.1) is 25.0 Å². The molecule has 0 unspecified atom stereocenters. The first-order valence-electron chi connectivity index (χ1n) is 11.2. The average molecular weight is 591 g/mol. The van der Waals surface area contributed by atoms with Gasteiger partial charge in [0.1, 0.15) is 23.1 Å². The Balaban J connectivity index is 1.63. The number of aromatic nitrogens is 3. The molecule has 0 atom stereocenters. The quantitative estimate of drug-likeness (QED) is 0.243. The van der Waals surface area contributed by atoms with Crippen LogP contribution in [0.3, 0.4) is 0 Å². The number of anilines is 1. The second kappa shape index (κ2) is 11.7. The van der Waals surface area contributed by atoms with Crippen molar-refractivity contribution in [3.63, 3.8) is 0 Å². The molecular formula is C25H24BrFN4O5S. The van der Waals surface area contributed by atoms with Crippen LogP contribution in [0.15, 0.2) is 76.1 Å². The molecule has 0 radical (unpaired) electrons. The molecule has 0 aliphatic heterocycles. The minimum Gasteiger partial charge on any atom is -0.495 e. The molecule has 1 N–H and O–H groups in total. The predicted molar refractivity (Wildman–Crippen MR) is 140 cm³/mol. The first-order chi connectivity index (χ1) is 17.8. The van der Waals surface area contributed by atoms with Gasteiger partial charge in [-0.15, -0.1) is 5.10 Å². The van der Waals surface area contributed by atoms with Crippen LogP contribution in [0.2, 0.25) is 0 Å². The largest absolute Gasteiger partial charge is 0.495 e. The van der Waals surface area contributed by atoms with Gasteiger partial charge in [-0.3, -0.25) is 4.72 Å². The van der Waals surface area contributed by atoms with Gasteiger partial charge >= 0.3 is 6.01 Å². The summed E-state index contributed by atoms with van der Waals surface area (Å²) in [4.78, 5) is 4.35. The van der Waals surface area contributed by atoms with Crippen molar-refractivity contribution in [1.82, 2.24) is 14.8 Å². The molecule has 4 aromatic rings. The molecule has 1 aromatic heterocycles. The van der Waals surface area contributed by atoms with Crippen LogP contribution in [0.25, 0.3) is 17.1 Å². The zero-order chi connectivity index (χ0) is 26.4. The SMILES string of the molecule is CCOCCOc1nc(-c2ccccc2F)n(-c2ccc(NS(=O)(=O)c3cc(Br)ccc3OC)cc2)n1. The molecule has 0 saturated heterocycles. The number of rotatable bonds is 11. The second-order valence-corrected chi connectivity index (χ2v) is 10.2. The third-order valence-electron chi connectivity index (χ3n) is 5.14. The lowest BCUT2D eigenvalue weighted by molar-refractivity contribution is 0.106. The summed E-state index contributed by atoms with van der Waals surface area (Å²) in [6, 6.07) is 17.4. The summed E-state index contributed by atoms with van der Waals surface area (Å²) >= 11 is 3.29. The Morgan fingerprint density at radius 1 is 1.05 bits per heavy atom. The fourth-order valence-electron chi connectivity index (χ4n) is 3.43. The van der Waals surface area contributed by atoms with Crippen molar-refractivity contribution in [2.75, 3.05) is 31.7 Å². The Bertz CT molecular complexity index is 1480. The minimum atomic E-state index is -3.95. The van der Waals surface area contributed by atoms with E-state index in [0.29, 0.717) is 29.1 Å². The van der Waals surface area contributed by atoms with E-state index in [-0.39, 0.29) is 34.7 Å². The normalized spacial score (nSPS) is 11.4. The van der Waals surface area contributed by atoms with Crippen molar-refractivity contribution in [1.29, 1.82) is 0 Å². The maximum atomic E-state index is 14.6. The molecule has 194 valence electrons. The van der Waals surface area contributed by atoms with E-state index in [1.165, 1.54) is 23.9 Å². The number of benzene rings is 3. The minimum absolute atomic E-state index is 0.0135. The van der Waals surface area contributed by atoms with E-state index < -0.39 is 15.8 Å². The molecule has 0 saturated carbocycles. The summed E-state index contributed by atoms with van der Waals surface area (Å²) in [6.45, 7) is 3.02. The molecule has 0 spiro atoms. The molecule has 9 nitrogen and oxygen atoms in total. The van der Waals surface area contributed by atoms with Crippen LogP contribution in [0.1, 0.15) is 6.92 Å². The van der Waals surface area contributed by atoms with Gasteiger partial charge in [-0.1, -0.05) is 28.1 Å². The van der Waals surface area contributed by atoms with Crippen LogP contribution >= 0.6 is 15.9 Å². The summed E-state index contributed by atoms with van der Waals surface area (Å²) in [5.74, 6) is -0.0255. The topological polar surface area (TPSA) is 105 Å². The van der Waals surface area contributed by atoms with Gasteiger partial charge in [-0.05, 0) is 61.5 Å². The first kappa shape index (κ1) is 26.6. The van der Waals surface area contributed by atoms with E-state index in [0.717, 1.165) is 0 Å². The van der Waals surface area contributed by atoms with Crippen LogP contribution in [0.5, 0.6) is 11.8 Å². The van der Waals surface area contributed by atoms with Crippen molar-refractivity contribution < 1.29 is 27.0 Å². The number of sulfonamides is 1. The summed E-state index contributed by atoms with van der Waals surface area (Å²) in [5, 5.41) is 4.38. The van der Waals surface area contributed by atoms with Gasteiger partial charge in [0.15, 0.2) is 5.82 Å². The van der Waals surface area contributed by atoms with Crippen LogP contribution in [-0.2, 0) is 14.8 Å². The fraction of sp³-hybridized carbons (Fsp3) is 0.200. The Labute approximate surface area is 222 Å². The number of halogens is 2.